The summed E-state index contributed by atoms with van der Waals surface area (Å²) in [6.45, 7) is 10.5. The predicted octanol–water partition coefficient (Wildman–Crippen LogP) is 6.94. The molecule has 0 radical (unpaired) electrons. The van der Waals surface area contributed by atoms with Gasteiger partial charge in [0, 0.05) is 23.1 Å². The van der Waals surface area contributed by atoms with Crippen molar-refractivity contribution < 1.29 is 4.79 Å². The Hall–Kier alpha value is -2.74. The highest BCUT2D eigenvalue weighted by molar-refractivity contribution is 6.00. The molecule has 3 rings (SSSR count). The molecule has 1 heterocycles. The molecule has 0 aliphatic rings. The van der Waals surface area contributed by atoms with Crippen molar-refractivity contribution in [3.05, 3.63) is 82.6 Å². The van der Waals surface area contributed by atoms with Gasteiger partial charge in [0.2, 0.25) is 0 Å². The number of hydrogen-bond acceptors (Lipinski definition) is 2. The minimum Gasteiger partial charge on any atom is -0.294 e. The second kappa shape index (κ2) is 8.10. The van der Waals surface area contributed by atoms with Gasteiger partial charge in [0.1, 0.15) is 0 Å². The van der Waals surface area contributed by atoms with E-state index in [0.717, 1.165) is 34.1 Å². The summed E-state index contributed by atoms with van der Waals surface area (Å²) >= 11 is 0. The Morgan fingerprint density at radius 1 is 1.00 bits per heavy atom. The molecule has 2 aromatic carbocycles. The van der Waals surface area contributed by atoms with E-state index in [-0.39, 0.29) is 11.2 Å². The van der Waals surface area contributed by atoms with Gasteiger partial charge in [-0.25, -0.2) is 0 Å². The summed E-state index contributed by atoms with van der Waals surface area (Å²) < 4.78 is 0. The molecular formula is C26H29NO. The number of aryl methyl sites for hydroxylation is 2. The lowest BCUT2D eigenvalue weighted by molar-refractivity contribution is 0.0930. The van der Waals surface area contributed by atoms with Crippen LogP contribution in [0.5, 0.6) is 0 Å². The molecule has 0 fully saturated rings. The molecule has 0 aliphatic carbocycles. The van der Waals surface area contributed by atoms with Crippen LogP contribution in [0.1, 0.15) is 60.8 Å². The highest BCUT2D eigenvalue weighted by atomic mass is 16.1. The number of nitrogens with zero attached hydrogens (tertiary/aromatic N) is 1. The third kappa shape index (κ3) is 4.75. The van der Waals surface area contributed by atoms with Gasteiger partial charge in [-0.15, -0.1) is 0 Å². The zero-order valence-corrected chi connectivity index (χ0v) is 17.5. The van der Waals surface area contributed by atoms with Crippen molar-refractivity contribution >= 4 is 22.8 Å². The Labute approximate surface area is 168 Å². The van der Waals surface area contributed by atoms with Crippen LogP contribution in [0, 0.1) is 19.3 Å². The van der Waals surface area contributed by atoms with Crippen LogP contribution < -0.4 is 0 Å². The molecule has 0 atom stereocenters. The molecule has 1 aromatic heterocycles. The molecule has 0 saturated carbocycles. The van der Waals surface area contributed by atoms with Crippen LogP contribution in [0.4, 0.5) is 0 Å². The SMILES string of the molecule is C/C(=C\c1ccccc1)CC(C)(C)CC(=O)c1cc2cccc(C)c2nc1C. The first-order valence-electron chi connectivity index (χ1n) is 9.87. The fourth-order valence-electron chi connectivity index (χ4n) is 3.95. The molecule has 0 bridgehead atoms. The monoisotopic (exact) mass is 371 g/mol. The normalized spacial score (nSPS) is 12.4. The van der Waals surface area contributed by atoms with E-state index in [2.05, 4.69) is 52.0 Å². The van der Waals surface area contributed by atoms with E-state index in [1.54, 1.807) is 0 Å². The fourth-order valence-corrected chi connectivity index (χ4v) is 3.95. The lowest BCUT2D eigenvalue weighted by Gasteiger charge is -2.24. The quantitative estimate of drug-likeness (QED) is 0.439. The average Bonchev–Trinajstić information content (AvgIpc) is 2.61. The fraction of sp³-hybridized carbons (Fsp3) is 0.308. The van der Waals surface area contributed by atoms with Crippen molar-refractivity contribution in [3.8, 4) is 0 Å². The van der Waals surface area contributed by atoms with Crippen LogP contribution >= 0.6 is 0 Å². The van der Waals surface area contributed by atoms with E-state index in [1.807, 2.05) is 43.3 Å². The maximum Gasteiger partial charge on any atom is 0.165 e. The lowest BCUT2D eigenvalue weighted by atomic mass is 9.79. The topological polar surface area (TPSA) is 30.0 Å². The number of benzene rings is 2. The zero-order valence-electron chi connectivity index (χ0n) is 17.5. The zero-order chi connectivity index (χ0) is 20.3. The Kier molecular flexibility index (Phi) is 5.79. The molecule has 0 amide bonds. The van der Waals surface area contributed by atoms with Gasteiger partial charge in [-0.1, -0.05) is 74.0 Å². The van der Waals surface area contributed by atoms with Crippen LogP contribution in [-0.4, -0.2) is 10.8 Å². The average molecular weight is 372 g/mol. The van der Waals surface area contributed by atoms with Gasteiger partial charge in [0.15, 0.2) is 5.78 Å². The van der Waals surface area contributed by atoms with Crippen LogP contribution in [0.15, 0.2) is 60.2 Å². The molecule has 0 aliphatic heterocycles. The number of pyridine rings is 1. The molecule has 28 heavy (non-hydrogen) atoms. The highest BCUT2D eigenvalue weighted by Gasteiger charge is 2.24. The molecule has 2 nitrogen and oxygen atoms in total. The number of allylic oxidation sites excluding steroid dienone is 1. The predicted molar refractivity (Wildman–Crippen MR) is 119 cm³/mol. The van der Waals surface area contributed by atoms with E-state index in [1.165, 1.54) is 11.1 Å². The minimum atomic E-state index is -0.111. The summed E-state index contributed by atoms with van der Waals surface area (Å²) in [7, 11) is 0. The number of hydrogen-bond donors (Lipinski definition) is 0. The van der Waals surface area contributed by atoms with E-state index in [9.17, 15) is 4.79 Å². The molecule has 3 aromatic rings. The molecule has 0 N–H and O–H groups in total. The number of para-hydroxylation sites is 1. The number of ketones is 1. The van der Waals surface area contributed by atoms with Crippen molar-refractivity contribution in [1.82, 2.24) is 4.98 Å². The van der Waals surface area contributed by atoms with Crippen LogP contribution in [0.25, 0.3) is 17.0 Å². The Balaban J connectivity index is 1.78. The second-order valence-electron chi connectivity index (χ2n) is 8.61. The van der Waals surface area contributed by atoms with Gasteiger partial charge in [-0.2, -0.15) is 0 Å². The Bertz CT molecular complexity index is 1030. The standard InChI is InChI=1S/C26H29NO/c1-18(14-21-11-7-6-8-12-21)16-26(4,5)17-24(28)23-15-22-13-9-10-19(2)25(22)27-20(23)3/h6-15H,16-17H2,1-5H3/b18-14+. The summed E-state index contributed by atoms with van der Waals surface area (Å²) in [5.41, 5.74) is 6.06. The lowest BCUT2D eigenvalue weighted by Crippen LogP contribution is -2.18. The van der Waals surface area contributed by atoms with Crippen molar-refractivity contribution in [3.63, 3.8) is 0 Å². The van der Waals surface area contributed by atoms with E-state index in [4.69, 9.17) is 4.98 Å². The smallest absolute Gasteiger partial charge is 0.165 e. The van der Waals surface area contributed by atoms with Gasteiger partial charge >= 0.3 is 0 Å². The molecule has 144 valence electrons. The number of rotatable bonds is 6. The summed E-state index contributed by atoms with van der Waals surface area (Å²) in [5, 5.41) is 1.03. The van der Waals surface area contributed by atoms with Gasteiger partial charge in [0.25, 0.3) is 0 Å². The summed E-state index contributed by atoms with van der Waals surface area (Å²) in [6.07, 6.45) is 3.59. The number of fused-ring (bicyclic) bond motifs is 1. The first-order chi connectivity index (χ1) is 13.2. The van der Waals surface area contributed by atoms with Crippen molar-refractivity contribution in [1.29, 1.82) is 0 Å². The Morgan fingerprint density at radius 2 is 1.71 bits per heavy atom. The third-order valence-electron chi connectivity index (χ3n) is 5.15. The van der Waals surface area contributed by atoms with Gasteiger partial charge in [-0.05, 0) is 49.8 Å². The van der Waals surface area contributed by atoms with Gasteiger partial charge in [-0.3, -0.25) is 9.78 Å². The summed E-state index contributed by atoms with van der Waals surface area (Å²) in [4.78, 5) is 17.8. The summed E-state index contributed by atoms with van der Waals surface area (Å²) in [5.74, 6) is 0.172. The highest BCUT2D eigenvalue weighted by Crippen LogP contribution is 2.32. The van der Waals surface area contributed by atoms with Crippen molar-refractivity contribution in [2.45, 2.75) is 47.5 Å². The molecular weight excluding hydrogens is 342 g/mol. The van der Waals surface area contributed by atoms with E-state index in [0.29, 0.717) is 6.42 Å². The van der Waals surface area contributed by atoms with Crippen LogP contribution in [0.3, 0.4) is 0 Å². The molecule has 0 spiro atoms. The third-order valence-corrected chi connectivity index (χ3v) is 5.15. The van der Waals surface area contributed by atoms with Crippen LogP contribution in [-0.2, 0) is 0 Å². The summed E-state index contributed by atoms with van der Waals surface area (Å²) in [6, 6.07) is 18.4. The van der Waals surface area contributed by atoms with Crippen molar-refractivity contribution in [2.75, 3.05) is 0 Å². The van der Waals surface area contributed by atoms with Crippen LogP contribution in [0.2, 0.25) is 0 Å². The second-order valence-corrected chi connectivity index (χ2v) is 8.61. The van der Waals surface area contributed by atoms with Gasteiger partial charge < -0.3 is 0 Å². The molecule has 0 saturated heterocycles. The maximum absolute atomic E-state index is 13.1. The minimum absolute atomic E-state index is 0.111. The molecule has 2 heteroatoms. The number of Topliss-reactive ketones (excluding diaryl/α,β-unsaturated/α-hetero) is 1. The number of carbonyl (C=O) groups excluding carboxylic acids is 1. The van der Waals surface area contributed by atoms with E-state index >= 15 is 0 Å². The maximum atomic E-state index is 13.1. The first kappa shape index (κ1) is 20.0. The van der Waals surface area contributed by atoms with E-state index < -0.39 is 0 Å². The number of aromatic nitrogens is 1. The largest absolute Gasteiger partial charge is 0.294 e. The molecule has 0 unspecified atom stereocenters. The van der Waals surface area contributed by atoms with Crippen molar-refractivity contribution in [2.24, 2.45) is 5.41 Å². The number of carbonyl (C=O) groups is 1. The van der Waals surface area contributed by atoms with Gasteiger partial charge in [0.05, 0.1) is 5.52 Å². The first-order valence-corrected chi connectivity index (χ1v) is 9.87. The Morgan fingerprint density at radius 3 is 2.43 bits per heavy atom.